The maximum absolute atomic E-state index is 6.17. The summed E-state index contributed by atoms with van der Waals surface area (Å²) >= 11 is 3.86. The number of oxime groups is 1. The van der Waals surface area contributed by atoms with E-state index in [4.69, 9.17) is 14.3 Å². The van der Waals surface area contributed by atoms with Crippen molar-refractivity contribution in [3.63, 3.8) is 0 Å². The van der Waals surface area contributed by atoms with Gasteiger partial charge in [-0.15, -0.1) is 0 Å². The van der Waals surface area contributed by atoms with Gasteiger partial charge in [-0.05, 0) is 31.4 Å². The van der Waals surface area contributed by atoms with Crippen molar-refractivity contribution in [1.82, 2.24) is 0 Å². The number of benzene rings is 1. The molecule has 1 saturated carbocycles. The molecule has 0 radical (unpaired) electrons. The third kappa shape index (κ3) is 1.42. The Labute approximate surface area is 119 Å². The highest BCUT2D eigenvalue weighted by Crippen LogP contribution is 2.50. The lowest BCUT2D eigenvalue weighted by atomic mass is 9.77. The van der Waals surface area contributed by atoms with Crippen LogP contribution in [0.3, 0.4) is 0 Å². The summed E-state index contributed by atoms with van der Waals surface area (Å²) in [5.74, 6) is 1.64. The average molecular weight is 324 g/mol. The molecule has 1 fully saturated rings. The standard InChI is InChI=1S/C14H14BrNO3/c1-17-8-5-6-9-10(7-8)18-11-3-2-4-12-14(11,15)13(9)16-19-12/h5-7,11-12H,2-4H2,1H3. The van der Waals surface area contributed by atoms with Crippen molar-refractivity contribution < 1.29 is 14.3 Å². The van der Waals surface area contributed by atoms with Crippen LogP contribution in [0.5, 0.6) is 11.5 Å². The number of rotatable bonds is 1. The van der Waals surface area contributed by atoms with Gasteiger partial charge in [0.2, 0.25) is 0 Å². The molecule has 0 aromatic heterocycles. The molecule has 0 saturated heterocycles. The van der Waals surface area contributed by atoms with Crippen LogP contribution in [-0.4, -0.2) is 29.4 Å². The molecule has 4 rings (SSSR count). The van der Waals surface area contributed by atoms with Gasteiger partial charge in [0, 0.05) is 11.6 Å². The molecular formula is C14H14BrNO3. The molecule has 5 heteroatoms. The monoisotopic (exact) mass is 323 g/mol. The van der Waals surface area contributed by atoms with Gasteiger partial charge in [-0.25, -0.2) is 0 Å². The molecule has 0 amide bonds. The highest BCUT2D eigenvalue weighted by molar-refractivity contribution is 9.10. The van der Waals surface area contributed by atoms with Gasteiger partial charge in [0.05, 0.1) is 7.11 Å². The zero-order valence-electron chi connectivity index (χ0n) is 10.6. The average Bonchev–Trinajstić information content (AvgIpc) is 2.77. The second-order valence-corrected chi connectivity index (χ2v) is 6.51. The first-order valence-electron chi connectivity index (χ1n) is 6.51. The Morgan fingerprint density at radius 2 is 2.21 bits per heavy atom. The number of hydrogen-bond donors (Lipinski definition) is 0. The van der Waals surface area contributed by atoms with Crippen LogP contribution in [0.1, 0.15) is 24.8 Å². The summed E-state index contributed by atoms with van der Waals surface area (Å²) in [5.41, 5.74) is 1.96. The SMILES string of the molecule is COc1ccc2c(c1)OC1CCCC3ON=C2C31Br. The third-order valence-corrected chi connectivity index (χ3v) is 5.61. The normalized spacial score (nSPS) is 34.5. The van der Waals surface area contributed by atoms with E-state index in [0.717, 1.165) is 42.0 Å². The summed E-state index contributed by atoms with van der Waals surface area (Å²) in [6.45, 7) is 0. The Morgan fingerprint density at radius 3 is 3.05 bits per heavy atom. The summed E-state index contributed by atoms with van der Waals surface area (Å²) < 4.78 is 11.1. The van der Waals surface area contributed by atoms with Gasteiger partial charge in [-0.3, -0.25) is 0 Å². The van der Waals surface area contributed by atoms with Crippen LogP contribution in [-0.2, 0) is 4.84 Å². The zero-order valence-corrected chi connectivity index (χ0v) is 12.1. The zero-order chi connectivity index (χ0) is 13.0. The van der Waals surface area contributed by atoms with Crippen molar-refractivity contribution in [1.29, 1.82) is 0 Å². The fourth-order valence-electron chi connectivity index (χ4n) is 3.21. The molecule has 3 aliphatic rings. The second-order valence-electron chi connectivity index (χ2n) is 5.20. The van der Waals surface area contributed by atoms with Gasteiger partial charge < -0.3 is 14.3 Å². The number of hydrogen-bond acceptors (Lipinski definition) is 4. The minimum absolute atomic E-state index is 0.0760. The predicted octanol–water partition coefficient (Wildman–Crippen LogP) is 2.88. The summed E-state index contributed by atoms with van der Waals surface area (Å²) in [5, 5.41) is 4.32. The Bertz CT molecular complexity index is 574. The van der Waals surface area contributed by atoms with Crippen molar-refractivity contribution in [3.05, 3.63) is 23.8 Å². The number of alkyl halides is 1. The maximum Gasteiger partial charge on any atom is 0.152 e. The fraction of sp³-hybridized carbons (Fsp3) is 0.500. The van der Waals surface area contributed by atoms with E-state index < -0.39 is 0 Å². The molecule has 0 bridgehead atoms. The van der Waals surface area contributed by atoms with Crippen LogP contribution in [0.25, 0.3) is 0 Å². The van der Waals surface area contributed by atoms with Crippen LogP contribution in [0, 0.1) is 0 Å². The third-order valence-electron chi connectivity index (χ3n) is 4.22. The van der Waals surface area contributed by atoms with Crippen molar-refractivity contribution in [2.45, 2.75) is 35.8 Å². The highest BCUT2D eigenvalue weighted by atomic mass is 79.9. The van der Waals surface area contributed by atoms with Crippen LogP contribution in [0.2, 0.25) is 0 Å². The van der Waals surface area contributed by atoms with Gasteiger partial charge in [-0.1, -0.05) is 21.1 Å². The van der Waals surface area contributed by atoms with Gasteiger partial charge in [0.25, 0.3) is 0 Å². The molecule has 1 aromatic rings. The van der Waals surface area contributed by atoms with E-state index in [0.29, 0.717) is 0 Å². The topological polar surface area (TPSA) is 40.0 Å². The minimum atomic E-state index is -0.285. The molecule has 3 atom stereocenters. The molecule has 1 aliphatic carbocycles. The van der Waals surface area contributed by atoms with Gasteiger partial charge in [0.15, 0.2) is 6.10 Å². The second kappa shape index (κ2) is 3.88. The number of fused-ring (bicyclic) bond motifs is 2. The number of methoxy groups -OCH3 is 1. The molecule has 2 heterocycles. The molecule has 0 spiro atoms. The Kier molecular flexibility index (Phi) is 2.37. The molecular weight excluding hydrogens is 310 g/mol. The lowest BCUT2D eigenvalue weighted by Crippen LogP contribution is -2.57. The van der Waals surface area contributed by atoms with Crippen molar-refractivity contribution in [2.75, 3.05) is 7.11 Å². The van der Waals surface area contributed by atoms with Crippen molar-refractivity contribution in [3.8, 4) is 11.5 Å². The smallest absolute Gasteiger partial charge is 0.152 e. The quantitative estimate of drug-likeness (QED) is 0.746. The van der Waals surface area contributed by atoms with E-state index in [1.54, 1.807) is 7.11 Å². The van der Waals surface area contributed by atoms with Gasteiger partial charge >= 0.3 is 0 Å². The summed E-state index contributed by atoms with van der Waals surface area (Å²) in [4.78, 5) is 5.62. The number of ether oxygens (including phenoxy) is 2. The Hall–Kier alpha value is -1.23. The Morgan fingerprint density at radius 1 is 1.37 bits per heavy atom. The molecule has 1 aromatic carbocycles. The van der Waals surface area contributed by atoms with Crippen molar-refractivity contribution in [2.24, 2.45) is 5.16 Å². The van der Waals surface area contributed by atoms with Gasteiger partial charge in [0.1, 0.15) is 27.6 Å². The van der Waals surface area contributed by atoms with E-state index >= 15 is 0 Å². The first-order valence-corrected chi connectivity index (χ1v) is 7.31. The van der Waals surface area contributed by atoms with Gasteiger partial charge in [-0.2, -0.15) is 0 Å². The first kappa shape index (κ1) is 11.6. The van der Waals surface area contributed by atoms with Crippen LogP contribution in [0.15, 0.2) is 23.4 Å². The Balaban J connectivity index is 1.87. The van der Waals surface area contributed by atoms with Crippen molar-refractivity contribution >= 4 is 21.6 Å². The number of nitrogens with zero attached hydrogens (tertiary/aromatic N) is 1. The van der Waals surface area contributed by atoms with Crippen LogP contribution >= 0.6 is 15.9 Å². The summed E-state index contributed by atoms with van der Waals surface area (Å²) in [6.07, 6.45) is 3.29. The van der Waals surface area contributed by atoms with Crippen LogP contribution < -0.4 is 9.47 Å². The highest BCUT2D eigenvalue weighted by Gasteiger charge is 2.59. The van der Waals surface area contributed by atoms with Crippen LogP contribution in [0.4, 0.5) is 0 Å². The van der Waals surface area contributed by atoms with E-state index in [1.165, 1.54) is 0 Å². The van der Waals surface area contributed by atoms with E-state index in [2.05, 4.69) is 21.1 Å². The molecule has 3 unspecified atom stereocenters. The van der Waals surface area contributed by atoms with E-state index in [9.17, 15) is 0 Å². The predicted molar refractivity (Wildman–Crippen MR) is 74.3 cm³/mol. The lowest BCUT2D eigenvalue weighted by Gasteiger charge is -2.43. The number of halogens is 1. The van der Waals surface area contributed by atoms with E-state index in [1.807, 2.05) is 18.2 Å². The molecule has 4 nitrogen and oxygen atoms in total. The maximum atomic E-state index is 6.17. The largest absolute Gasteiger partial charge is 0.497 e. The molecule has 0 N–H and O–H groups in total. The minimum Gasteiger partial charge on any atom is -0.497 e. The first-order chi connectivity index (χ1) is 9.23. The molecule has 2 aliphatic heterocycles. The molecule has 100 valence electrons. The summed E-state index contributed by atoms with van der Waals surface area (Å²) in [6, 6.07) is 5.84. The van der Waals surface area contributed by atoms with E-state index in [-0.39, 0.29) is 16.5 Å². The summed E-state index contributed by atoms with van der Waals surface area (Å²) in [7, 11) is 1.66. The molecule has 19 heavy (non-hydrogen) atoms. The lowest BCUT2D eigenvalue weighted by molar-refractivity contribution is 0.00881. The fourth-order valence-corrected chi connectivity index (χ4v) is 4.13.